The second kappa shape index (κ2) is 27.4. The number of allylic oxidation sites excluding steroid dienone is 2. The fourth-order valence-corrected chi connectivity index (χ4v) is 2.86. The molecule has 0 aromatic heterocycles. The number of benzene rings is 1. The van der Waals surface area contributed by atoms with E-state index >= 15 is 0 Å². The summed E-state index contributed by atoms with van der Waals surface area (Å²) in [6.07, 6.45) is 15.8. The van der Waals surface area contributed by atoms with Crippen LogP contribution >= 0.6 is 0 Å². The number of hydrogen-bond acceptors (Lipinski definition) is 7. The zero-order chi connectivity index (χ0) is 30.6. The molecular weight excluding hydrogens is 498 g/mol. The van der Waals surface area contributed by atoms with Crippen LogP contribution < -0.4 is 10.6 Å². The van der Waals surface area contributed by atoms with E-state index in [1.165, 1.54) is 12.7 Å². The molecule has 1 unspecified atom stereocenters. The predicted molar refractivity (Wildman–Crippen MR) is 159 cm³/mol. The van der Waals surface area contributed by atoms with Crippen molar-refractivity contribution in [2.75, 3.05) is 34.4 Å². The van der Waals surface area contributed by atoms with E-state index in [-0.39, 0.29) is 18.8 Å². The number of methoxy groups -OCH3 is 2. The minimum absolute atomic E-state index is 0.00662. The summed E-state index contributed by atoms with van der Waals surface area (Å²) in [7, 11) is 4.78. The standard InChI is InChI=1S/C12H13NO.C6H11NO2.C4H7NO3.C4H10.C2H6.C2H2/c1-14-12-9-5-8-11(13-12)10-6-3-2-4-7-10;1-7-4-2-3-5(7)6(8)9;1-8-4(7)5-2-3-6;1-4(2)3;2*1-2/h2-9,12-13H,1H3;5H,2-4H2,1H3,(H,8,9);3H,2H2,1H3,(H,5,7);4H,1-3H3;1-2H3;1-2H/t;5-;;;;/m.0..../s1. The molecule has 2 heterocycles. The molecule has 0 bridgehead atoms. The van der Waals surface area contributed by atoms with Crippen LogP contribution in [0.15, 0.2) is 48.6 Å². The average Bonchev–Trinajstić information content (AvgIpc) is 3.41. The number of carbonyl (C=O) groups excluding carboxylic acids is 2. The van der Waals surface area contributed by atoms with Crippen LogP contribution in [0.1, 0.15) is 53.0 Å². The van der Waals surface area contributed by atoms with Crippen LogP contribution in [-0.2, 0) is 19.1 Å². The van der Waals surface area contributed by atoms with E-state index in [1.54, 1.807) is 7.11 Å². The van der Waals surface area contributed by atoms with Gasteiger partial charge in [0.1, 0.15) is 18.6 Å². The van der Waals surface area contributed by atoms with Crippen LogP contribution in [0.3, 0.4) is 0 Å². The summed E-state index contributed by atoms with van der Waals surface area (Å²) in [5.74, 6) is 0.148. The lowest BCUT2D eigenvalue weighted by Crippen LogP contribution is -2.32. The number of dihydropyridines is 1. The van der Waals surface area contributed by atoms with Crippen molar-refractivity contribution in [3.63, 3.8) is 0 Å². The van der Waals surface area contributed by atoms with Gasteiger partial charge in [-0.15, -0.1) is 12.8 Å². The van der Waals surface area contributed by atoms with Gasteiger partial charge in [-0.05, 0) is 50.1 Å². The predicted octanol–water partition coefficient (Wildman–Crippen LogP) is 4.80. The summed E-state index contributed by atoms with van der Waals surface area (Å²) >= 11 is 0. The fourth-order valence-electron chi connectivity index (χ4n) is 2.86. The summed E-state index contributed by atoms with van der Waals surface area (Å²) < 4.78 is 9.35. The maximum atomic E-state index is 10.4. The maximum absolute atomic E-state index is 10.4. The number of hydrogen-bond donors (Lipinski definition) is 3. The molecule has 2 atom stereocenters. The largest absolute Gasteiger partial charge is 0.480 e. The highest BCUT2D eigenvalue weighted by Crippen LogP contribution is 2.15. The molecule has 2 aliphatic heterocycles. The van der Waals surface area contributed by atoms with E-state index in [9.17, 15) is 14.4 Å². The van der Waals surface area contributed by atoms with Gasteiger partial charge in [-0.2, -0.15) is 0 Å². The van der Waals surface area contributed by atoms with Gasteiger partial charge in [0.2, 0.25) is 0 Å². The van der Waals surface area contributed by atoms with Gasteiger partial charge < -0.3 is 30.0 Å². The highest BCUT2D eigenvalue weighted by atomic mass is 16.5. The lowest BCUT2D eigenvalue weighted by Gasteiger charge is -2.20. The van der Waals surface area contributed by atoms with Crippen molar-refractivity contribution in [1.29, 1.82) is 0 Å². The number of alkyl carbamates (subject to hydrolysis) is 1. The molecule has 0 saturated carbocycles. The van der Waals surface area contributed by atoms with E-state index in [2.05, 4.69) is 61.1 Å². The average molecular weight is 548 g/mol. The molecule has 9 heteroatoms. The summed E-state index contributed by atoms with van der Waals surface area (Å²) in [5, 5.41) is 14.0. The number of ether oxygens (including phenoxy) is 2. The second-order valence-corrected chi connectivity index (χ2v) is 8.38. The molecule has 1 amide bonds. The highest BCUT2D eigenvalue weighted by Gasteiger charge is 2.26. The first-order chi connectivity index (χ1) is 18.7. The summed E-state index contributed by atoms with van der Waals surface area (Å²) in [6.45, 7) is 11.4. The Bertz CT molecular complexity index is 835. The number of likely N-dealkylation sites (N-methyl/N-ethyl adjacent to an activating group) is 1. The van der Waals surface area contributed by atoms with Crippen molar-refractivity contribution in [3.8, 4) is 12.8 Å². The summed E-state index contributed by atoms with van der Waals surface area (Å²) in [6, 6.07) is 9.99. The molecule has 3 N–H and O–H groups in total. The van der Waals surface area contributed by atoms with Crippen LogP contribution in [0.2, 0.25) is 0 Å². The van der Waals surface area contributed by atoms with E-state index < -0.39 is 12.1 Å². The molecule has 39 heavy (non-hydrogen) atoms. The van der Waals surface area contributed by atoms with Crippen molar-refractivity contribution < 1.29 is 29.0 Å². The van der Waals surface area contributed by atoms with Gasteiger partial charge in [0, 0.05) is 12.8 Å². The number of carboxylic acids is 1. The van der Waals surface area contributed by atoms with E-state index in [1.807, 2.05) is 62.2 Å². The number of likely N-dealkylation sites (tertiary alicyclic amines) is 1. The first-order valence-corrected chi connectivity index (χ1v) is 12.9. The quantitative estimate of drug-likeness (QED) is 0.355. The van der Waals surface area contributed by atoms with E-state index in [4.69, 9.17) is 9.84 Å². The molecule has 0 aliphatic carbocycles. The van der Waals surface area contributed by atoms with Gasteiger partial charge >= 0.3 is 12.1 Å². The van der Waals surface area contributed by atoms with Crippen LogP contribution in [-0.4, -0.2) is 75.0 Å². The van der Waals surface area contributed by atoms with Crippen molar-refractivity contribution in [2.45, 2.75) is 59.7 Å². The van der Waals surface area contributed by atoms with Gasteiger partial charge in [0.25, 0.3) is 0 Å². The molecular formula is C30H49N3O6. The molecule has 1 aromatic rings. The topological polar surface area (TPSA) is 117 Å². The monoisotopic (exact) mass is 547 g/mol. The van der Waals surface area contributed by atoms with E-state index in [0.717, 1.165) is 31.0 Å². The first-order valence-electron chi connectivity index (χ1n) is 12.9. The molecule has 1 aromatic carbocycles. The molecule has 220 valence electrons. The van der Waals surface area contributed by atoms with Gasteiger partial charge in [-0.25, -0.2) is 4.79 Å². The molecule has 1 saturated heterocycles. The van der Waals surface area contributed by atoms with Crippen molar-refractivity contribution in [2.24, 2.45) is 5.92 Å². The van der Waals surface area contributed by atoms with Crippen LogP contribution in [0.4, 0.5) is 4.79 Å². The molecule has 2 aliphatic rings. The minimum Gasteiger partial charge on any atom is -0.480 e. The first kappa shape index (κ1) is 39.9. The molecule has 3 rings (SSSR count). The lowest BCUT2D eigenvalue weighted by molar-refractivity contribution is -0.141. The number of nitrogens with one attached hydrogen (secondary N) is 2. The summed E-state index contributed by atoms with van der Waals surface area (Å²) in [5.41, 5.74) is 2.28. The Balaban J connectivity index is -0.000000456. The number of aliphatic carboxylic acids is 1. The van der Waals surface area contributed by atoms with Gasteiger partial charge in [0.15, 0.2) is 0 Å². The normalized spacial score (nSPS) is 16.5. The number of carbonyl (C=O) groups is 3. The lowest BCUT2D eigenvalue weighted by atomic mass is 10.1. The van der Waals surface area contributed by atoms with E-state index in [0.29, 0.717) is 6.29 Å². The number of carboxylic acid groups (broad SMARTS) is 1. The Morgan fingerprint density at radius 1 is 1.18 bits per heavy atom. The maximum Gasteiger partial charge on any atom is 0.407 e. The highest BCUT2D eigenvalue weighted by molar-refractivity contribution is 5.73. The number of terminal acetylenes is 1. The van der Waals surface area contributed by atoms with Crippen molar-refractivity contribution >= 4 is 24.0 Å². The third-order valence-electron chi connectivity index (χ3n) is 4.51. The second-order valence-electron chi connectivity index (χ2n) is 8.38. The van der Waals surface area contributed by atoms with Crippen LogP contribution in [0.25, 0.3) is 5.70 Å². The Morgan fingerprint density at radius 3 is 2.13 bits per heavy atom. The fraction of sp³-hybridized carbons (Fsp3) is 0.500. The smallest absolute Gasteiger partial charge is 0.407 e. The third-order valence-corrected chi connectivity index (χ3v) is 4.51. The van der Waals surface area contributed by atoms with Crippen molar-refractivity contribution in [3.05, 3.63) is 54.1 Å². The molecule has 0 spiro atoms. The SMILES string of the molecule is C#C.CC.CC(C)C.CN1CCC[C@H]1C(=O)O.COC(=O)NCC=O.COC1C=CC=C(c2ccccc2)N1. The minimum atomic E-state index is -0.685. The Kier molecular flexibility index (Phi) is 28.1. The van der Waals surface area contributed by atoms with Crippen LogP contribution in [0.5, 0.6) is 0 Å². The van der Waals surface area contributed by atoms with Gasteiger partial charge in [-0.1, -0.05) is 71.0 Å². The number of nitrogens with zero attached hydrogens (tertiary/aromatic N) is 1. The van der Waals surface area contributed by atoms with Crippen LogP contribution in [0, 0.1) is 18.8 Å². The van der Waals surface area contributed by atoms with Gasteiger partial charge in [0.05, 0.1) is 13.7 Å². The number of aldehydes is 1. The number of amides is 1. The Morgan fingerprint density at radius 2 is 1.74 bits per heavy atom. The Labute approximate surface area is 235 Å². The zero-order valence-electron chi connectivity index (χ0n) is 24.8. The zero-order valence-corrected chi connectivity index (χ0v) is 24.8. The summed E-state index contributed by atoms with van der Waals surface area (Å²) in [4.78, 5) is 31.9. The van der Waals surface area contributed by atoms with Gasteiger partial charge in [-0.3, -0.25) is 9.69 Å². The van der Waals surface area contributed by atoms with Crippen molar-refractivity contribution in [1.82, 2.24) is 15.5 Å². The third kappa shape index (κ3) is 22.1. The Hall–Kier alpha value is -3.61. The number of rotatable bonds is 5. The molecule has 9 nitrogen and oxygen atoms in total. The molecule has 1 fully saturated rings. The molecule has 0 radical (unpaired) electrons.